The van der Waals surface area contributed by atoms with Crippen LogP contribution in [0.25, 0.3) is 0 Å². The van der Waals surface area contributed by atoms with Crippen LogP contribution in [0.1, 0.15) is 57.9 Å². The van der Waals surface area contributed by atoms with E-state index >= 15 is 0 Å². The fraction of sp³-hybridized carbons (Fsp3) is 0.684. The largest absolute Gasteiger partial charge is 0.314 e. The molecule has 0 saturated heterocycles. The third-order valence-corrected chi connectivity index (χ3v) is 4.97. The van der Waals surface area contributed by atoms with Crippen LogP contribution in [-0.4, -0.2) is 12.6 Å². The molecule has 0 aliphatic heterocycles. The molecule has 0 radical (unpaired) electrons. The van der Waals surface area contributed by atoms with Crippen LogP contribution in [-0.2, 0) is 6.42 Å². The molecule has 1 heteroatoms. The van der Waals surface area contributed by atoms with Crippen molar-refractivity contribution >= 4 is 0 Å². The Labute approximate surface area is 125 Å². The summed E-state index contributed by atoms with van der Waals surface area (Å²) >= 11 is 0. The van der Waals surface area contributed by atoms with E-state index in [4.69, 9.17) is 0 Å². The summed E-state index contributed by atoms with van der Waals surface area (Å²) in [4.78, 5) is 0. The monoisotopic (exact) mass is 273 g/mol. The Morgan fingerprint density at radius 3 is 2.60 bits per heavy atom. The number of benzene rings is 1. The van der Waals surface area contributed by atoms with Crippen LogP contribution in [0.2, 0.25) is 0 Å². The lowest BCUT2D eigenvalue weighted by Gasteiger charge is -2.25. The van der Waals surface area contributed by atoms with Gasteiger partial charge in [0.15, 0.2) is 0 Å². The molecule has 0 bridgehead atoms. The minimum atomic E-state index is 0.728. The highest BCUT2D eigenvalue weighted by molar-refractivity contribution is 5.14. The van der Waals surface area contributed by atoms with Gasteiger partial charge in [0.25, 0.3) is 0 Å². The molecule has 3 atom stereocenters. The summed E-state index contributed by atoms with van der Waals surface area (Å²) in [5, 5.41) is 3.83. The summed E-state index contributed by atoms with van der Waals surface area (Å²) < 4.78 is 0. The van der Waals surface area contributed by atoms with Crippen LogP contribution < -0.4 is 5.32 Å². The molecule has 0 amide bonds. The molecule has 3 unspecified atom stereocenters. The number of hydrogen-bond donors (Lipinski definition) is 1. The molecule has 112 valence electrons. The zero-order valence-electron chi connectivity index (χ0n) is 13.3. The molecule has 1 aliphatic carbocycles. The van der Waals surface area contributed by atoms with E-state index in [0.717, 1.165) is 17.9 Å². The minimum absolute atomic E-state index is 0.728. The summed E-state index contributed by atoms with van der Waals surface area (Å²) in [7, 11) is 0. The standard InChI is InChI=1S/C19H31N/c1-3-14-20-19(18-12-10-16(4-2)15-18)13-11-17-8-6-5-7-9-17/h5-9,16,18-20H,3-4,10-15H2,1-2H3. The summed E-state index contributed by atoms with van der Waals surface area (Å²) in [6.07, 6.45) is 9.47. The maximum atomic E-state index is 3.83. The van der Waals surface area contributed by atoms with Crippen LogP contribution >= 0.6 is 0 Å². The molecule has 0 heterocycles. The van der Waals surface area contributed by atoms with E-state index in [-0.39, 0.29) is 0 Å². The molecule has 0 spiro atoms. The molecule has 1 aliphatic rings. The third kappa shape index (κ3) is 4.63. The van der Waals surface area contributed by atoms with Crippen molar-refractivity contribution in [3.05, 3.63) is 35.9 Å². The van der Waals surface area contributed by atoms with Crippen LogP contribution in [0.3, 0.4) is 0 Å². The molecule has 1 aromatic rings. The van der Waals surface area contributed by atoms with Crippen LogP contribution in [0.15, 0.2) is 30.3 Å². The van der Waals surface area contributed by atoms with Gasteiger partial charge in [-0.3, -0.25) is 0 Å². The van der Waals surface area contributed by atoms with Gasteiger partial charge >= 0.3 is 0 Å². The fourth-order valence-corrected chi connectivity index (χ4v) is 3.65. The van der Waals surface area contributed by atoms with Crippen molar-refractivity contribution in [1.82, 2.24) is 5.32 Å². The highest BCUT2D eigenvalue weighted by Gasteiger charge is 2.29. The van der Waals surface area contributed by atoms with Gasteiger partial charge in [0.1, 0.15) is 0 Å². The normalized spacial score (nSPS) is 23.9. The van der Waals surface area contributed by atoms with Crippen molar-refractivity contribution in [2.24, 2.45) is 11.8 Å². The molecular weight excluding hydrogens is 242 g/mol. The summed E-state index contributed by atoms with van der Waals surface area (Å²) in [6, 6.07) is 11.7. The second kappa shape index (κ2) is 8.46. The van der Waals surface area contributed by atoms with Gasteiger partial charge in [0.05, 0.1) is 0 Å². The molecule has 1 saturated carbocycles. The second-order valence-corrected chi connectivity index (χ2v) is 6.43. The first-order valence-corrected chi connectivity index (χ1v) is 8.60. The topological polar surface area (TPSA) is 12.0 Å². The van der Waals surface area contributed by atoms with E-state index in [9.17, 15) is 0 Å². The average molecular weight is 273 g/mol. The molecule has 1 nitrogen and oxygen atoms in total. The predicted octanol–water partition coefficient (Wildman–Crippen LogP) is 4.81. The van der Waals surface area contributed by atoms with Crippen LogP contribution in [0.4, 0.5) is 0 Å². The molecule has 1 N–H and O–H groups in total. The summed E-state index contributed by atoms with van der Waals surface area (Å²) in [5.74, 6) is 1.90. The molecule has 2 rings (SSSR count). The van der Waals surface area contributed by atoms with Gasteiger partial charge in [-0.05, 0) is 56.0 Å². The summed E-state index contributed by atoms with van der Waals surface area (Å²) in [6.45, 7) is 5.79. The third-order valence-electron chi connectivity index (χ3n) is 4.97. The molecule has 1 aromatic carbocycles. The number of nitrogens with one attached hydrogen (secondary N) is 1. The van der Waals surface area contributed by atoms with E-state index < -0.39 is 0 Å². The van der Waals surface area contributed by atoms with Crippen molar-refractivity contribution in [3.8, 4) is 0 Å². The SMILES string of the molecule is CCCNC(CCc1ccccc1)C1CCC(CC)C1. The fourth-order valence-electron chi connectivity index (χ4n) is 3.65. The number of aryl methyl sites for hydroxylation is 1. The Morgan fingerprint density at radius 1 is 1.15 bits per heavy atom. The van der Waals surface area contributed by atoms with Crippen molar-refractivity contribution in [2.45, 2.75) is 64.8 Å². The molecule has 0 aromatic heterocycles. The zero-order valence-corrected chi connectivity index (χ0v) is 13.3. The molecular formula is C19H31N. The van der Waals surface area contributed by atoms with Crippen molar-refractivity contribution < 1.29 is 0 Å². The lowest BCUT2D eigenvalue weighted by molar-refractivity contribution is 0.330. The van der Waals surface area contributed by atoms with Gasteiger partial charge in [-0.2, -0.15) is 0 Å². The van der Waals surface area contributed by atoms with E-state index in [2.05, 4.69) is 49.5 Å². The van der Waals surface area contributed by atoms with Gasteiger partial charge in [-0.25, -0.2) is 0 Å². The van der Waals surface area contributed by atoms with Crippen LogP contribution in [0, 0.1) is 11.8 Å². The summed E-state index contributed by atoms with van der Waals surface area (Å²) in [5.41, 5.74) is 1.49. The van der Waals surface area contributed by atoms with Gasteiger partial charge in [0, 0.05) is 6.04 Å². The van der Waals surface area contributed by atoms with E-state index in [0.29, 0.717) is 0 Å². The minimum Gasteiger partial charge on any atom is -0.314 e. The number of hydrogen-bond acceptors (Lipinski definition) is 1. The van der Waals surface area contributed by atoms with E-state index in [1.165, 1.54) is 57.1 Å². The van der Waals surface area contributed by atoms with Gasteiger partial charge < -0.3 is 5.32 Å². The highest BCUT2D eigenvalue weighted by Crippen LogP contribution is 2.36. The quantitative estimate of drug-likeness (QED) is 0.716. The van der Waals surface area contributed by atoms with E-state index in [1.54, 1.807) is 0 Å². The van der Waals surface area contributed by atoms with Gasteiger partial charge in [-0.1, -0.05) is 57.0 Å². The van der Waals surface area contributed by atoms with E-state index in [1.807, 2.05) is 0 Å². The zero-order chi connectivity index (χ0) is 14.2. The Bertz CT molecular complexity index is 359. The number of rotatable bonds is 8. The van der Waals surface area contributed by atoms with Crippen LogP contribution in [0.5, 0.6) is 0 Å². The first-order chi connectivity index (χ1) is 9.83. The van der Waals surface area contributed by atoms with Gasteiger partial charge in [-0.15, -0.1) is 0 Å². The Hall–Kier alpha value is -0.820. The Morgan fingerprint density at radius 2 is 1.95 bits per heavy atom. The molecule has 1 fully saturated rings. The Kier molecular flexibility index (Phi) is 6.59. The maximum absolute atomic E-state index is 3.83. The Balaban J connectivity index is 1.87. The smallest absolute Gasteiger partial charge is 0.00985 e. The van der Waals surface area contributed by atoms with Crippen molar-refractivity contribution in [2.75, 3.05) is 6.54 Å². The second-order valence-electron chi connectivity index (χ2n) is 6.43. The lowest BCUT2D eigenvalue weighted by atomic mass is 9.91. The van der Waals surface area contributed by atoms with Crippen molar-refractivity contribution in [3.63, 3.8) is 0 Å². The molecule has 20 heavy (non-hydrogen) atoms. The van der Waals surface area contributed by atoms with Gasteiger partial charge in [0.2, 0.25) is 0 Å². The maximum Gasteiger partial charge on any atom is 0.00985 e. The van der Waals surface area contributed by atoms with Crippen molar-refractivity contribution in [1.29, 1.82) is 0 Å². The average Bonchev–Trinajstić information content (AvgIpc) is 2.97. The lowest BCUT2D eigenvalue weighted by Crippen LogP contribution is -2.36. The first kappa shape index (κ1) is 15.6. The highest BCUT2D eigenvalue weighted by atomic mass is 14.9. The first-order valence-electron chi connectivity index (χ1n) is 8.60. The predicted molar refractivity (Wildman–Crippen MR) is 88.0 cm³/mol.